The van der Waals surface area contributed by atoms with Gasteiger partial charge in [-0.05, 0) is 38.0 Å². The van der Waals surface area contributed by atoms with Crippen LogP contribution in [0.15, 0.2) is 36.3 Å². The second-order valence-corrected chi connectivity index (χ2v) is 6.63. The number of halogens is 3. The molecular weight excluding hydrogens is 391 g/mol. The number of nitrogens with one attached hydrogen (secondary N) is 1. The lowest BCUT2D eigenvalue weighted by Crippen LogP contribution is -2.45. The maximum absolute atomic E-state index is 12.7. The summed E-state index contributed by atoms with van der Waals surface area (Å²) in [7, 11) is 0.967. The van der Waals surface area contributed by atoms with Gasteiger partial charge in [-0.1, -0.05) is 0 Å². The number of piperidine rings is 1. The normalized spacial score (nSPS) is 18.9. The van der Waals surface area contributed by atoms with Crippen LogP contribution in [0.2, 0.25) is 0 Å². The average molecular weight is 417 g/mol. The highest BCUT2D eigenvalue weighted by Gasteiger charge is 2.40. The van der Waals surface area contributed by atoms with E-state index >= 15 is 0 Å². The van der Waals surface area contributed by atoms with Crippen molar-refractivity contribution in [3.63, 3.8) is 0 Å². The molecule has 2 aliphatic rings. The number of hydrogen-bond acceptors (Lipinski definition) is 5. The second-order valence-electron chi connectivity index (χ2n) is 6.63. The lowest BCUT2D eigenvalue weighted by Gasteiger charge is -2.33. The first-order chi connectivity index (χ1) is 13.8. The van der Waals surface area contributed by atoms with E-state index in [0.717, 1.165) is 12.8 Å². The molecule has 7 nitrogen and oxygen atoms in total. The second kappa shape index (κ2) is 10.3. The van der Waals surface area contributed by atoms with Gasteiger partial charge in [-0.25, -0.2) is 4.79 Å². The minimum absolute atomic E-state index is 0.279. The zero-order valence-corrected chi connectivity index (χ0v) is 16.4. The lowest BCUT2D eigenvalue weighted by atomic mass is 9.95. The molecule has 2 rings (SSSR count). The van der Waals surface area contributed by atoms with Gasteiger partial charge in [0.05, 0.1) is 13.2 Å². The van der Waals surface area contributed by atoms with Crippen molar-refractivity contribution in [1.82, 2.24) is 15.1 Å². The largest absolute Gasteiger partial charge is 0.449 e. The molecule has 0 radical (unpaired) electrons. The van der Waals surface area contributed by atoms with E-state index in [2.05, 4.69) is 15.0 Å². The van der Waals surface area contributed by atoms with Crippen molar-refractivity contribution in [1.29, 1.82) is 0 Å². The molecule has 0 spiro atoms. The Labute approximate surface area is 167 Å². The number of methoxy groups -OCH3 is 1. The summed E-state index contributed by atoms with van der Waals surface area (Å²) in [5.74, 6) is -0.742. The van der Waals surface area contributed by atoms with Crippen LogP contribution in [0.4, 0.5) is 18.0 Å². The number of allylic oxidation sites excluding steroid dienone is 3. The van der Waals surface area contributed by atoms with Crippen LogP contribution >= 0.6 is 0 Å². The first-order valence-electron chi connectivity index (χ1n) is 9.40. The Morgan fingerprint density at radius 1 is 1.28 bits per heavy atom. The number of amides is 2. The molecule has 0 aliphatic carbocycles. The van der Waals surface area contributed by atoms with Crippen LogP contribution < -0.4 is 5.32 Å². The molecule has 1 atom stereocenters. The first kappa shape index (κ1) is 22.8. The molecule has 2 amide bonds. The van der Waals surface area contributed by atoms with Crippen molar-refractivity contribution >= 4 is 12.0 Å². The van der Waals surface area contributed by atoms with Gasteiger partial charge in [0.25, 0.3) is 0 Å². The van der Waals surface area contributed by atoms with Crippen molar-refractivity contribution in [3.8, 4) is 0 Å². The molecule has 10 heteroatoms. The highest BCUT2D eigenvalue weighted by molar-refractivity contribution is 5.78. The third-order valence-corrected chi connectivity index (χ3v) is 4.74. The monoisotopic (exact) mass is 417 g/mol. The quantitative estimate of drug-likeness (QED) is 0.720. The van der Waals surface area contributed by atoms with E-state index < -0.39 is 30.8 Å². The van der Waals surface area contributed by atoms with E-state index in [1.165, 1.54) is 4.90 Å². The van der Waals surface area contributed by atoms with Crippen LogP contribution in [0.3, 0.4) is 0 Å². The molecule has 1 unspecified atom stereocenters. The van der Waals surface area contributed by atoms with Gasteiger partial charge in [-0.2, -0.15) is 13.2 Å². The summed E-state index contributed by atoms with van der Waals surface area (Å²) in [6, 6.07) is 0. The standard InChI is InChI=1S/C19H26F3N3O4/c1-3-29-18(27)25-9-4-5-15(8-12-25)24-10-6-14(7-11-24)17(26)23-13-16(28-2)19(20,21)22/h4-5,8-9,12,14,16H,3,6-7,10-11,13H2,1-2H3,(H,23,26). The summed E-state index contributed by atoms with van der Waals surface area (Å²) in [6.07, 6.45) is 2.59. The smallest absolute Gasteiger partial charge is 0.417 e. The van der Waals surface area contributed by atoms with Crippen LogP contribution in [0.5, 0.6) is 0 Å². The van der Waals surface area contributed by atoms with Crippen molar-refractivity contribution in [2.45, 2.75) is 32.0 Å². The summed E-state index contributed by atoms with van der Waals surface area (Å²) in [5.41, 5.74) is 0.878. The van der Waals surface area contributed by atoms with Crippen LogP contribution in [-0.4, -0.2) is 67.4 Å². The van der Waals surface area contributed by atoms with Crippen molar-refractivity contribution < 1.29 is 32.2 Å². The molecule has 0 bridgehead atoms. The van der Waals surface area contributed by atoms with Gasteiger partial charge in [-0.3, -0.25) is 9.69 Å². The van der Waals surface area contributed by atoms with Gasteiger partial charge in [0.15, 0.2) is 6.10 Å². The fraction of sp³-hybridized carbons (Fsp3) is 0.579. The van der Waals surface area contributed by atoms with E-state index in [1.807, 2.05) is 6.08 Å². The van der Waals surface area contributed by atoms with Gasteiger partial charge in [0.1, 0.15) is 0 Å². The number of rotatable bonds is 6. The molecule has 29 heavy (non-hydrogen) atoms. The van der Waals surface area contributed by atoms with Crippen molar-refractivity contribution in [3.05, 3.63) is 36.3 Å². The maximum Gasteiger partial charge on any atom is 0.417 e. The zero-order valence-electron chi connectivity index (χ0n) is 16.4. The number of nitrogens with zero attached hydrogens (tertiary/aromatic N) is 2. The Balaban J connectivity index is 1.84. The third kappa shape index (κ3) is 6.52. The van der Waals surface area contributed by atoms with Gasteiger partial charge < -0.3 is 19.7 Å². The van der Waals surface area contributed by atoms with Gasteiger partial charge in [-0.15, -0.1) is 0 Å². The molecule has 1 fully saturated rings. The maximum atomic E-state index is 12.7. The van der Waals surface area contributed by atoms with Gasteiger partial charge >= 0.3 is 12.3 Å². The number of likely N-dealkylation sites (tertiary alicyclic amines) is 1. The number of alkyl halides is 3. The Morgan fingerprint density at radius 2 is 1.97 bits per heavy atom. The summed E-state index contributed by atoms with van der Waals surface area (Å²) < 4.78 is 47.4. The fourth-order valence-corrected chi connectivity index (χ4v) is 3.10. The van der Waals surface area contributed by atoms with Crippen LogP contribution in [0.1, 0.15) is 19.8 Å². The Kier molecular flexibility index (Phi) is 8.12. The number of hydrogen-bond donors (Lipinski definition) is 1. The van der Waals surface area contributed by atoms with E-state index in [-0.39, 0.29) is 12.5 Å². The predicted molar refractivity (Wildman–Crippen MR) is 99.4 cm³/mol. The highest BCUT2D eigenvalue weighted by Crippen LogP contribution is 2.24. The van der Waals surface area contributed by atoms with E-state index in [1.54, 1.807) is 31.5 Å². The Morgan fingerprint density at radius 3 is 2.55 bits per heavy atom. The third-order valence-electron chi connectivity index (χ3n) is 4.74. The van der Waals surface area contributed by atoms with Crippen LogP contribution in [0.25, 0.3) is 0 Å². The molecule has 0 aromatic heterocycles. The topological polar surface area (TPSA) is 71.1 Å². The van der Waals surface area contributed by atoms with Gasteiger partial charge in [0.2, 0.25) is 5.91 Å². The summed E-state index contributed by atoms with van der Waals surface area (Å²) >= 11 is 0. The van der Waals surface area contributed by atoms with Crippen molar-refractivity contribution in [2.24, 2.45) is 5.92 Å². The van der Waals surface area contributed by atoms with E-state index in [4.69, 9.17) is 4.74 Å². The molecule has 2 heterocycles. The molecule has 0 aromatic carbocycles. The fourth-order valence-electron chi connectivity index (χ4n) is 3.10. The van der Waals surface area contributed by atoms with Crippen LogP contribution in [-0.2, 0) is 14.3 Å². The Hall–Kier alpha value is -2.49. The molecule has 162 valence electrons. The highest BCUT2D eigenvalue weighted by atomic mass is 19.4. The van der Waals surface area contributed by atoms with Crippen molar-refractivity contribution in [2.75, 3.05) is 33.4 Å². The molecule has 1 N–H and O–H groups in total. The average Bonchev–Trinajstić information content (AvgIpc) is 2.94. The number of ether oxygens (including phenoxy) is 2. The van der Waals surface area contributed by atoms with E-state index in [9.17, 15) is 22.8 Å². The van der Waals surface area contributed by atoms with Gasteiger partial charge in [0, 0.05) is 44.2 Å². The number of carbonyl (C=O) groups is 2. The summed E-state index contributed by atoms with van der Waals surface area (Å²) in [4.78, 5) is 27.4. The molecule has 0 aromatic rings. The molecule has 0 saturated carbocycles. The Bertz CT molecular complexity index is 668. The molecule has 1 saturated heterocycles. The zero-order chi connectivity index (χ0) is 21.4. The lowest BCUT2D eigenvalue weighted by molar-refractivity contribution is -0.210. The molecule has 2 aliphatic heterocycles. The summed E-state index contributed by atoms with van der Waals surface area (Å²) in [6.45, 7) is 2.57. The summed E-state index contributed by atoms with van der Waals surface area (Å²) in [5, 5.41) is 2.34. The van der Waals surface area contributed by atoms with E-state index in [0.29, 0.717) is 25.9 Å². The minimum atomic E-state index is -4.52. The first-order valence-corrected chi connectivity index (χ1v) is 9.40. The SMILES string of the molecule is CCOC(=O)N1C=CC=C(N2CCC(C(=O)NCC(OC)C(F)(F)F)CC2)C=C1. The minimum Gasteiger partial charge on any atom is -0.449 e. The van der Waals surface area contributed by atoms with Crippen LogP contribution in [0, 0.1) is 5.92 Å². The number of carbonyl (C=O) groups excluding carboxylic acids is 2. The molecular formula is C19H26F3N3O4. The predicted octanol–water partition coefficient (Wildman–Crippen LogP) is 2.78.